The van der Waals surface area contributed by atoms with E-state index in [1.807, 2.05) is 78.0 Å². The summed E-state index contributed by atoms with van der Waals surface area (Å²) in [4.78, 5) is 35.0. The maximum absolute atomic E-state index is 13.2. The van der Waals surface area contributed by atoms with Gasteiger partial charge in [-0.05, 0) is 13.8 Å². The van der Waals surface area contributed by atoms with Gasteiger partial charge in [-0.15, -0.1) is 0 Å². The van der Waals surface area contributed by atoms with Gasteiger partial charge in [0, 0.05) is 35.8 Å². The molecule has 2 aromatic rings. The van der Waals surface area contributed by atoms with Gasteiger partial charge < -0.3 is 38.0 Å². The fourth-order valence-corrected chi connectivity index (χ4v) is 5.73. The first-order valence-electron chi connectivity index (χ1n) is 18.1. The summed E-state index contributed by atoms with van der Waals surface area (Å²) in [6.45, 7) is 11.0. The van der Waals surface area contributed by atoms with Crippen molar-refractivity contribution in [1.82, 2.24) is 9.97 Å². The van der Waals surface area contributed by atoms with Gasteiger partial charge in [0.1, 0.15) is 49.2 Å². The molecule has 2 N–H and O–H groups in total. The standard InChI is InChI=1S/C42H50N2O10/c1-7-15-33(45)41(3,4)35-21-13-19-31-29(51-31)17-9-12-24-38-44-28(26-50-38)40(48)54-36(42(5,6)34(46)16-8-2)22-14-20-32-30(52-32)18-10-11-23-37-43-27(25-49-37)39(47)53-35/h7-20,23-26,29-36,45-46H,21-22H2,1-6H3/b15-7+,16-8+,17-9-,18-10-,19-13-,20-14+,23-11+,24-12+. The molecule has 5 heterocycles. The van der Waals surface area contributed by atoms with Crippen LogP contribution in [0.2, 0.25) is 0 Å². The van der Waals surface area contributed by atoms with Crippen LogP contribution >= 0.6 is 0 Å². The Kier molecular flexibility index (Phi) is 13.4. The number of epoxide rings is 2. The molecule has 0 aromatic carbocycles. The summed E-state index contributed by atoms with van der Waals surface area (Å²) < 4.78 is 34.3. The molecule has 12 nitrogen and oxygen atoms in total. The van der Waals surface area contributed by atoms with Crippen LogP contribution in [0.4, 0.5) is 0 Å². The smallest absolute Gasteiger partial charge is 0.360 e. The van der Waals surface area contributed by atoms with Gasteiger partial charge in [-0.25, -0.2) is 19.6 Å². The molecule has 3 aliphatic rings. The van der Waals surface area contributed by atoms with E-state index >= 15 is 0 Å². The van der Waals surface area contributed by atoms with Gasteiger partial charge in [0.05, 0.1) is 12.2 Å². The average molecular weight is 743 g/mol. The number of fused-ring (bicyclic) bond motifs is 6. The molecule has 0 amide bonds. The molecule has 8 unspecified atom stereocenters. The number of aliphatic hydroxyl groups excluding tert-OH is 2. The quantitative estimate of drug-likeness (QED) is 0.178. The van der Waals surface area contributed by atoms with E-state index in [9.17, 15) is 19.8 Å². The monoisotopic (exact) mass is 742 g/mol. The number of rotatable bonds is 6. The SMILES string of the molecule is C/C=C/C(O)C(C)(C)C1C/C=C\C2OC2/C=C\C=C\c2nc(co2)C(=O)OC(C(C)(C)C(O)/C=C/C)C/C=C/C2OC2/C=C\C=C\c2nc(co2)C(=O)O1. The first-order valence-corrected chi connectivity index (χ1v) is 18.1. The van der Waals surface area contributed by atoms with E-state index in [1.165, 1.54) is 12.5 Å². The molecule has 0 spiro atoms. The second kappa shape index (κ2) is 18.0. The van der Waals surface area contributed by atoms with Crippen LogP contribution < -0.4 is 0 Å². The maximum Gasteiger partial charge on any atom is 0.360 e. The average Bonchev–Trinajstić information content (AvgIpc) is 3.93. The van der Waals surface area contributed by atoms with Gasteiger partial charge in [0.2, 0.25) is 11.8 Å². The van der Waals surface area contributed by atoms with Gasteiger partial charge >= 0.3 is 11.9 Å². The van der Waals surface area contributed by atoms with Crippen LogP contribution in [0.1, 0.15) is 87.1 Å². The molecule has 8 atom stereocenters. The van der Waals surface area contributed by atoms with Crippen molar-refractivity contribution in [2.45, 2.75) is 103 Å². The Morgan fingerprint density at radius 1 is 0.648 bits per heavy atom. The molecule has 5 rings (SSSR count). The Bertz CT molecular complexity index is 1700. The molecule has 2 aromatic heterocycles. The number of allylic oxidation sites excluding steroid dienone is 6. The maximum atomic E-state index is 13.2. The van der Waals surface area contributed by atoms with Crippen molar-refractivity contribution < 1.29 is 47.6 Å². The fourth-order valence-electron chi connectivity index (χ4n) is 5.73. The number of hydrogen-bond donors (Lipinski definition) is 2. The van der Waals surface area contributed by atoms with Crippen molar-refractivity contribution in [3.8, 4) is 0 Å². The number of esters is 2. The first-order chi connectivity index (χ1) is 25.8. The Hall–Kier alpha value is -4.88. The minimum absolute atomic E-state index is 0.00877. The zero-order valence-electron chi connectivity index (χ0n) is 31.5. The highest BCUT2D eigenvalue weighted by atomic mass is 16.6. The molecular weight excluding hydrogens is 692 g/mol. The van der Waals surface area contributed by atoms with Crippen molar-refractivity contribution in [2.24, 2.45) is 10.8 Å². The summed E-state index contributed by atoms with van der Waals surface area (Å²) in [5.41, 5.74) is -1.65. The molecular formula is C42H50N2O10. The second-order valence-corrected chi connectivity index (χ2v) is 14.5. The third-order valence-electron chi connectivity index (χ3n) is 9.67. The van der Waals surface area contributed by atoms with Crippen molar-refractivity contribution >= 4 is 24.1 Å². The van der Waals surface area contributed by atoms with Crippen molar-refractivity contribution in [3.63, 3.8) is 0 Å². The highest BCUT2D eigenvalue weighted by Crippen LogP contribution is 2.34. The number of hydrogen-bond acceptors (Lipinski definition) is 12. The van der Waals surface area contributed by atoms with Crippen molar-refractivity contribution in [3.05, 3.63) is 121 Å². The van der Waals surface area contributed by atoms with Gasteiger partial charge in [0.15, 0.2) is 11.4 Å². The molecule has 2 fully saturated rings. The van der Waals surface area contributed by atoms with Gasteiger partial charge in [-0.3, -0.25) is 0 Å². The molecule has 3 aliphatic heterocycles. The molecule has 2 saturated heterocycles. The minimum atomic E-state index is -0.874. The van der Waals surface area contributed by atoms with Crippen molar-refractivity contribution in [1.29, 1.82) is 0 Å². The number of oxazole rings is 2. The van der Waals surface area contributed by atoms with Crippen LogP contribution in [0.15, 0.2) is 106 Å². The van der Waals surface area contributed by atoms with Crippen LogP contribution in [0, 0.1) is 10.8 Å². The molecule has 0 aliphatic carbocycles. The van der Waals surface area contributed by atoms with Crippen LogP contribution in [-0.2, 0) is 18.9 Å². The topological polar surface area (TPSA) is 170 Å². The lowest BCUT2D eigenvalue weighted by molar-refractivity contribution is -0.0461. The van der Waals surface area contributed by atoms with Crippen LogP contribution in [0.5, 0.6) is 0 Å². The zero-order valence-corrected chi connectivity index (χ0v) is 31.5. The van der Waals surface area contributed by atoms with E-state index in [1.54, 1.807) is 60.8 Å². The number of aliphatic hydroxyl groups is 2. The van der Waals surface area contributed by atoms with E-state index < -0.39 is 47.2 Å². The predicted molar refractivity (Wildman–Crippen MR) is 202 cm³/mol. The molecule has 12 heteroatoms. The summed E-state index contributed by atoms with van der Waals surface area (Å²) in [6.07, 6.45) is 27.7. The van der Waals surface area contributed by atoms with Crippen LogP contribution in [0.25, 0.3) is 12.2 Å². The third kappa shape index (κ3) is 10.6. The van der Waals surface area contributed by atoms with Gasteiger partial charge in [-0.2, -0.15) is 0 Å². The number of aromatic nitrogens is 2. The fraction of sp³-hybridized carbons (Fsp3) is 0.429. The lowest BCUT2D eigenvalue weighted by Crippen LogP contribution is -2.42. The van der Waals surface area contributed by atoms with E-state index in [4.69, 9.17) is 27.8 Å². The van der Waals surface area contributed by atoms with E-state index in [0.717, 1.165) is 0 Å². The number of nitrogens with zero attached hydrogens (tertiary/aromatic N) is 2. The summed E-state index contributed by atoms with van der Waals surface area (Å²) >= 11 is 0. The van der Waals surface area contributed by atoms with E-state index in [-0.39, 0.29) is 47.6 Å². The highest BCUT2D eigenvalue weighted by molar-refractivity contribution is 5.87. The normalized spacial score (nSPS) is 30.5. The summed E-state index contributed by atoms with van der Waals surface area (Å²) in [5.74, 6) is -0.902. The third-order valence-corrected chi connectivity index (χ3v) is 9.67. The predicted octanol–water partition coefficient (Wildman–Crippen LogP) is 6.92. The largest absolute Gasteiger partial charge is 0.457 e. The molecule has 288 valence electrons. The minimum Gasteiger partial charge on any atom is -0.457 e. The highest BCUT2D eigenvalue weighted by Gasteiger charge is 2.40. The molecule has 4 bridgehead atoms. The summed E-state index contributed by atoms with van der Waals surface area (Å²) in [7, 11) is 0. The summed E-state index contributed by atoms with van der Waals surface area (Å²) in [5, 5.41) is 21.8. The molecule has 0 saturated carbocycles. The van der Waals surface area contributed by atoms with Crippen LogP contribution in [0.3, 0.4) is 0 Å². The molecule has 54 heavy (non-hydrogen) atoms. The first kappa shape index (κ1) is 40.3. The second-order valence-electron chi connectivity index (χ2n) is 14.5. The zero-order chi connectivity index (χ0) is 38.9. The Balaban J connectivity index is 1.35. The van der Waals surface area contributed by atoms with E-state index in [2.05, 4.69) is 9.97 Å². The number of carbonyl (C=O) groups is 2. The molecule has 0 radical (unpaired) electrons. The Labute approximate surface area is 315 Å². The summed E-state index contributed by atoms with van der Waals surface area (Å²) in [6, 6.07) is 0. The van der Waals surface area contributed by atoms with E-state index in [0.29, 0.717) is 12.8 Å². The van der Waals surface area contributed by atoms with Crippen molar-refractivity contribution in [2.75, 3.05) is 0 Å². The number of ether oxygens (including phenoxy) is 4. The Morgan fingerprint density at radius 3 is 1.43 bits per heavy atom. The van der Waals surface area contributed by atoms with Gasteiger partial charge in [0.25, 0.3) is 0 Å². The lowest BCUT2D eigenvalue weighted by Gasteiger charge is -2.36. The van der Waals surface area contributed by atoms with Crippen LogP contribution in [-0.4, -0.2) is 81.0 Å². The number of cyclic esters (lactones) is 2. The number of carbonyl (C=O) groups excluding carboxylic acids is 2. The Morgan fingerprint density at radius 2 is 1.04 bits per heavy atom. The lowest BCUT2D eigenvalue weighted by atomic mass is 9.79. The van der Waals surface area contributed by atoms with Gasteiger partial charge in [-0.1, -0.05) is 113 Å².